The van der Waals surface area contributed by atoms with E-state index in [2.05, 4.69) is 5.32 Å². The number of carbonyl (C=O) groups excluding carboxylic acids is 1. The fourth-order valence-electron chi connectivity index (χ4n) is 3.25. The van der Waals surface area contributed by atoms with Crippen LogP contribution in [-0.4, -0.2) is 45.2 Å². The van der Waals surface area contributed by atoms with E-state index in [0.717, 1.165) is 22.3 Å². The topological polar surface area (TPSA) is 81.0 Å². The molecule has 1 heterocycles. The summed E-state index contributed by atoms with van der Waals surface area (Å²) in [7, 11) is 5.54. The molecule has 2 aromatic carbocycles. The molecular weight excluding hydrogens is 384 g/mol. The van der Waals surface area contributed by atoms with Crippen LogP contribution in [0.15, 0.2) is 57.7 Å². The SMILES string of the molecule is COc1cccc([C@H](CNC(=O)COc2ccc3c(C)cc(=O)oc3c2)N(C)C)c1. The molecule has 0 aliphatic rings. The molecule has 0 fully saturated rings. The van der Waals surface area contributed by atoms with Crippen molar-refractivity contribution in [3.8, 4) is 11.5 Å². The number of aryl methyl sites for hydroxylation is 1. The molecule has 3 aromatic rings. The van der Waals surface area contributed by atoms with E-state index in [1.165, 1.54) is 6.07 Å². The summed E-state index contributed by atoms with van der Waals surface area (Å²) in [5, 5.41) is 3.74. The first-order valence-electron chi connectivity index (χ1n) is 9.62. The summed E-state index contributed by atoms with van der Waals surface area (Å²) in [6.07, 6.45) is 0. The Kier molecular flexibility index (Phi) is 6.74. The number of nitrogens with one attached hydrogen (secondary N) is 1. The van der Waals surface area contributed by atoms with Crippen LogP contribution in [0.1, 0.15) is 17.2 Å². The summed E-state index contributed by atoms with van der Waals surface area (Å²) < 4.78 is 16.1. The van der Waals surface area contributed by atoms with E-state index in [4.69, 9.17) is 13.9 Å². The van der Waals surface area contributed by atoms with Gasteiger partial charge in [0.25, 0.3) is 5.91 Å². The van der Waals surface area contributed by atoms with Gasteiger partial charge in [0.1, 0.15) is 17.1 Å². The maximum absolute atomic E-state index is 12.3. The minimum atomic E-state index is -0.415. The highest BCUT2D eigenvalue weighted by molar-refractivity contribution is 5.81. The van der Waals surface area contributed by atoms with Crippen molar-refractivity contribution in [2.45, 2.75) is 13.0 Å². The number of ether oxygens (including phenoxy) is 2. The van der Waals surface area contributed by atoms with E-state index >= 15 is 0 Å². The van der Waals surface area contributed by atoms with Crippen LogP contribution >= 0.6 is 0 Å². The van der Waals surface area contributed by atoms with E-state index in [0.29, 0.717) is 17.9 Å². The Morgan fingerprint density at radius 2 is 1.93 bits per heavy atom. The number of carbonyl (C=O) groups is 1. The third-order valence-electron chi connectivity index (χ3n) is 4.89. The summed E-state index contributed by atoms with van der Waals surface area (Å²) in [4.78, 5) is 25.9. The number of hydrogen-bond acceptors (Lipinski definition) is 6. The molecule has 0 aliphatic heterocycles. The highest BCUT2D eigenvalue weighted by atomic mass is 16.5. The monoisotopic (exact) mass is 410 g/mol. The Hall–Kier alpha value is -3.32. The first-order valence-corrected chi connectivity index (χ1v) is 9.62. The van der Waals surface area contributed by atoms with Gasteiger partial charge in [-0.3, -0.25) is 4.79 Å². The van der Waals surface area contributed by atoms with Crippen molar-refractivity contribution in [1.82, 2.24) is 10.2 Å². The second-order valence-electron chi connectivity index (χ2n) is 7.26. The minimum absolute atomic E-state index is 0.0121. The minimum Gasteiger partial charge on any atom is -0.497 e. The second-order valence-corrected chi connectivity index (χ2v) is 7.26. The van der Waals surface area contributed by atoms with Gasteiger partial charge in [0, 0.05) is 24.1 Å². The highest BCUT2D eigenvalue weighted by Gasteiger charge is 2.16. The zero-order chi connectivity index (χ0) is 21.7. The Morgan fingerprint density at radius 3 is 2.67 bits per heavy atom. The lowest BCUT2D eigenvalue weighted by Gasteiger charge is -2.25. The van der Waals surface area contributed by atoms with Gasteiger partial charge in [0.15, 0.2) is 6.61 Å². The molecular formula is C23H26N2O5. The fourth-order valence-corrected chi connectivity index (χ4v) is 3.25. The van der Waals surface area contributed by atoms with Gasteiger partial charge in [-0.15, -0.1) is 0 Å². The smallest absolute Gasteiger partial charge is 0.336 e. The lowest BCUT2D eigenvalue weighted by atomic mass is 10.1. The quantitative estimate of drug-likeness (QED) is 0.575. The van der Waals surface area contributed by atoms with Gasteiger partial charge >= 0.3 is 5.63 Å². The van der Waals surface area contributed by atoms with Crippen LogP contribution in [-0.2, 0) is 4.79 Å². The molecule has 1 amide bonds. The van der Waals surface area contributed by atoms with Crippen molar-refractivity contribution in [3.63, 3.8) is 0 Å². The van der Waals surface area contributed by atoms with Crippen LogP contribution in [0.2, 0.25) is 0 Å². The zero-order valence-electron chi connectivity index (χ0n) is 17.6. The summed E-state index contributed by atoms with van der Waals surface area (Å²) in [6, 6.07) is 14.4. The maximum Gasteiger partial charge on any atom is 0.336 e. The van der Waals surface area contributed by atoms with Crippen LogP contribution in [0.3, 0.4) is 0 Å². The van der Waals surface area contributed by atoms with E-state index in [-0.39, 0.29) is 18.6 Å². The van der Waals surface area contributed by atoms with Crippen LogP contribution in [0.5, 0.6) is 11.5 Å². The lowest BCUT2D eigenvalue weighted by molar-refractivity contribution is -0.123. The normalized spacial score (nSPS) is 12.0. The van der Waals surface area contributed by atoms with Crippen LogP contribution < -0.4 is 20.4 Å². The number of amides is 1. The summed E-state index contributed by atoms with van der Waals surface area (Å²) in [5.74, 6) is 0.992. The molecule has 7 heteroatoms. The van der Waals surface area contributed by atoms with Gasteiger partial charge in [-0.05, 0) is 56.4 Å². The Labute approximate surface area is 175 Å². The predicted octanol–water partition coefficient (Wildman–Crippen LogP) is 2.91. The van der Waals surface area contributed by atoms with Crippen molar-refractivity contribution < 1.29 is 18.7 Å². The predicted molar refractivity (Wildman–Crippen MR) is 115 cm³/mol. The van der Waals surface area contributed by atoms with Crippen molar-refractivity contribution >= 4 is 16.9 Å². The molecule has 30 heavy (non-hydrogen) atoms. The Bertz CT molecular complexity index is 1090. The van der Waals surface area contributed by atoms with Crippen molar-refractivity contribution in [2.24, 2.45) is 0 Å². The van der Waals surface area contributed by atoms with E-state index in [1.54, 1.807) is 19.2 Å². The van der Waals surface area contributed by atoms with Crippen LogP contribution in [0.4, 0.5) is 0 Å². The number of hydrogen-bond donors (Lipinski definition) is 1. The average molecular weight is 410 g/mol. The molecule has 158 valence electrons. The summed E-state index contributed by atoms with van der Waals surface area (Å²) in [5.41, 5.74) is 1.89. The summed E-state index contributed by atoms with van der Waals surface area (Å²) >= 11 is 0. The molecule has 0 spiro atoms. The number of methoxy groups -OCH3 is 1. The van der Waals surface area contributed by atoms with E-state index in [1.807, 2.05) is 56.3 Å². The highest BCUT2D eigenvalue weighted by Crippen LogP contribution is 2.23. The molecule has 1 aromatic heterocycles. The van der Waals surface area contributed by atoms with E-state index < -0.39 is 5.63 Å². The number of fused-ring (bicyclic) bond motifs is 1. The molecule has 3 rings (SSSR count). The van der Waals surface area contributed by atoms with Crippen LogP contribution in [0, 0.1) is 6.92 Å². The number of benzene rings is 2. The zero-order valence-corrected chi connectivity index (χ0v) is 17.6. The molecule has 0 bridgehead atoms. The standard InChI is InChI=1S/C23H26N2O5/c1-15-10-23(27)30-21-12-18(8-9-19(15)21)29-14-22(26)24-13-20(25(2)3)16-6-5-7-17(11-16)28-4/h5-12,20H,13-14H2,1-4H3,(H,24,26)/t20-/m0/s1. The third kappa shape index (κ3) is 5.18. The molecule has 1 atom stereocenters. The van der Waals surface area contributed by atoms with E-state index in [9.17, 15) is 9.59 Å². The number of rotatable bonds is 8. The Morgan fingerprint density at radius 1 is 1.13 bits per heavy atom. The molecule has 7 nitrogen and oxygen atoms in total. The van der Waals surface area contributed by atoms with Gasteiger partial charge in [-0.2, -0.15) is 0 Å². The second kappa shape index (κ2) is 9.45. The molecule has 0 saturated carbocycles. The van der Waals surface area contributed by atoms with Gasteiger partial charge in [-0.25, -0.2) is 4.79 Å². The lowest BCUT2D eigenvalue weighted by Crippen LogP contribution is -2.36. The largest absolute Gasteiger partial charge is 0.497 e. The van der Waals surface area contributed by atoms with Gasteiger partial charge in [0.05, 0.1) is 13.2 Å². The van der Waals surface area contributed by atoms with Gasteiger partial charge in [0.2, 0.25) is 0 Å². The maximum atomic E-state index is 12.3. The third-order valence-corrected chi connectivity index (χ3v) is 4.89. The van der Waals surface area contributed by atoms with Gasteiger partial charge in [-0.1, -0.05) is 12.1 Å². The number of nitrogens with zero attached hydrogens (tertiary/aromatic N) is 1. The average Bonchev–Trinajstić information content (AvgIpc) is 2.72. The van der Waals surface area contributed by atoms with Crippen molar-refractivity contribution in [2.75, 3.05) is 34.4 Å². The number of likely N-dealkylation sites (N-methyl/N-ethyl adjacent to an activating group) is 1. The summed E-state index contributed by atoms with van der Waals surface area (Å²) in [6.45, 7) is 2.13. The van der Waals surface area contributed by atoms with Crippen molar-refractivity contribution in [3.05, 3.63) is 70.1 Å². The molecule has 0 unspecified atom stereocenters. The first kappa shape index (κ1) is 21.4. The van der Waals surface area contributed by atoms with Crippen molar-refractivity contribution in [1.29, 1.82) is 0 Å². The fraction of sp³-hybridized carbons (Fsp3) is 0.304. The molecule has 0 radical (unpaired) electrons. The first-order chi connectivity index (χ1) is 14.4. The van der Waals surface area contributed by atoms with Gasteiger partial charge < -0.3 is 24.1 Å². The molecule has 0 saturated heterocycles. The molecule has 1 N–H and O–H groups in total. The Balaban J connectivity index is 1.61. The van der Waals surface area contributed by atoms with Crippen LogP contribution in [0.25, 0.3) is 11.0 Å². The molecule has 0 aliphatic carbocycles.